The van der Waals surface area contributed by atoms with E-state index in [2.05, 4.69) is 4.98 Å². The lowest BCUT2D eigenvalue weighted by Gasteiger charge is -1.65. The van der Waals surface area contributed by atoms with Gasteiger partial charge >= 0.3 is 0 Å². The van der Waals surface area contributed by atoms with Gasteiger partial charge in [0.15, 0.2) is 0 Å². The first kappa shape index (κ1) is 6.63. The Hall–Kier alpha value is -0.370. The molecule has 0 spiro atoms. The maximum Gasteiger partial charge on any atom is 0.0893 e. The third-order valence-corrected chi connectivity index (χ3v) is 1.26. The van der Waals surface area contributed by atoms with E-state index in [1.54, 1.807) is 17.5 Å². The maximum absolute atomic E-state index is 3.94. The van der Waals surface area contributed by atoms with Crippen LogP contribution in [0.4, 0.5) is 0 Å². The van der Waals surface area contributed by atoms with E-state index in [1.807, 2.05) is 12.3 Å². The number of aromatic nitrogens is 1. The summed E-state index contributed by atoms with van der Waals surface area (Å²) in [6, 6.07) is 0. The highest BCUT2D eigenvalue weighted by atomic mass is 32.1. The molecule has 2 heteroatoms. The molecule has 0 saturated heterocycles. The van der Waals surface area contributed by atoms with Crippen LogP contribution >= 0.6 is 11.3 Å². The van der Waals surface area contributed by atoms with Crippen LogP contribution in [0.15, 0.2) is 11.6 Å². The fraction of sp³-hybridized carbons (Fsp3) is 0.400. The lowest BCUT2D eigenvalue weighted by molar-refractivity contribution is 1.30. The molecular formula is C5H9NS. The van der Waals surface area contributed by atoms with Crippen molar-refractivity contribution in [2.75, 3.05) is 0 Å². The zero-order valence-electron chi connectivity index (χ0n) is 3.51. The first-order valence-electron chi connectivity index (χ1n) is 1.75. The van der Waals surface area contributed by atoms with Crippen LogP contribution < -0.4 is 0 Å². The van der Waals surface area contributed by atoms with E-state index >= 15 is 0 Å². The van der Waals surface area contributed by atoms with Crippen LogP contribution in [-0.4, -0.2) is 4.98 Å². The van der Waals surface area contributed by atoms with Crippen molar-refractivity contribution in [2.45, 2.75) is 14.4 Å². The first-order valence-corrected chi connectivity index (χ1v) is 2.63. The highest BCUT2D eigenvalue weighted by molar-refractivity contribution is 7.09. The zero-order valence-corrected chi connectivity index (χ0v) is 4.33. The van der Waals surface area contributed by atoms with Gasteiger partial charge in [0.1, 0.15) is 0 Å². The summed E-state index contributed by atoms with van der Waals surface area (Å²) in [5.41, 5.74) is 0. The lowest BCUT2D eigenvalue weighted by Crippen LogP contribution is -1.56. The predicted octanol–water partition coefficient (Wildman–Crippen LogP) is 2.09. The minimum Gasteiger partial charge on any atom is -0.250 e. The molecule has 1 heterocycles. The summed E-state index contributed by atoms with van der Waals surface area (Å²) < 4.78 is 0. The summed E-state index contributed by atoms with van der Waals surface area (Å²) in [6.07, 6.45) is 1.81. The molecule has 0 fully saturated rings. The van der Waals surface area contributed by atoms with Crippen molar-refractivity contribution in [3.63, 3.8) is 0 Å². The molecule has 0 aliphatic rings. The smallest absolute Gasteiger partial charge is 0.0893 e. The molecule has 0 atom stereocenters. The molecule has 0 amide bonds. The van der Waals surface area contributed by atoms with Gasteiger partial charge in [-0.25, -0.2) is 0 Å². The largest absolute Gasteiger partial charge is 0.250 e. The van der Waals surface area contributed by atoms with Crippen molar-refractivity contribution < 1.29 is 0 Å². The Bertz CT molecular complexity index is 112. The molecule has 1 rings (SSSR count). The molecule has 7 heavy (non-hydrogen) atoms. The number of rotatable bonds is 0. The van der Waals surface area contributed by atoms with Crippen molar-refractivity contribution in [3.8, 4) is 0 Å². The summed E-state index contributed by atoms with van der Waals surface area (Å²) in [5.74, 6) is 0. The maximum atomic E-state index is 3.94. The Morgan fingerprint density at radius 3 is 2.57 bits per heavy atom. The molecule has 0 aromatic carbocycles. The molecule has 0 bridgehead atoms. The van der Waals surface area contributed by atoms with Crippen molar-refractivity contribution in [2.24, 2.45) is 0 Å². The number of nitrogens with zero attached hydrogens (tertiary/aromatic N) is 1. The van der Waals surface area contributed by atoms with Gasteiger partial charge in [-0.1, -0.05) is 7.43 Å². The molecule has 0 aliphatic carbocycles. The Morgan fingerprint density at radius 2 is 2.43 bits per heavy atom. The highest BCUT2D eigenvalue weighted by Crippen LogP contribution is 1.98. The molecule has 0 aliphatic heterocycles. The SMILES string of the molecule is C.Cc1nccs1. The van der Waals surface area contributed by atoms with E-state index in [1.165, 1.54) is 0 Å². The molecule has 0 unspecified atom stereocenters. The van der Waals surface area contributed by atoms with Gasteiger partial charge in [0.2, 0.25) is 0 Å². The van der Waals surface area contributed by atoms with Crippen LogP contribution in [0, 0.1) is 6.92 Å². The average Bonchev–Trinajstić information content (AvgIpc) is 1.86. The van der Waals surface area contributed by atoms with E-state index in [9.17, 15) is 0 Å². The van der Waals surface area contributed by atoms with Gasteiger partial charge in [-0.3, -0.25) is 4.98 Å². The van der Waals surface area contributed by atoms with Crippen molar-refractivity contribution in [1.29, 1.82) is 0 Å². The highest BCUT2D eigenvalue weighted by Gasteiger charge is 1.76. The van der Waals surface area contributed by atoms with Gasteiger partial charge in [0.25, 0.3) is 0 Å². The normalized spacial score (nSPS) is 7.57. The van der Waals surface area contributed by atoms with Gasteiger partial charge < -0.3 is 0 Å². The monoisotopic (exact) mass is 115 g/mol. The molecule has 0 saturated carbocycles. The van der Waals surface area contributed by atoms with Crippen LogP contribution in [0.2, 0.25) is 0 Å². The fourth-order valence-electron chi connectivity index (χ4n) is 0.295. The molecule has 1 aromatic heterocycles. The van der Waals surface area contributed by atoms with Gasteiger partial charge in [-0.2, -0.15) is 0 Å². The Labute approximate surface area is 48.0 Å². The number of aryl methyl sites for hydroxylation is 1. The second kappa shape index (κ2) is 2.75. The summed E-state index contributed by atoms with van der Waals surface area (Å²) in [4.78, 5) is 3.94. The van der Waals surface area contributed by atoms with Crippen LogP contribution in [0.25, 0.3) is 0 Å². The van der Waals surface area contributed by atoms with Gasteiger partial charge in [0, 0.05) is 11.6 Å². The summed E-state index contributed by atoms with van der Waals surface area (Å²) in [7, 11) is 0. The molecule has 1 aromatic rings. The molecule has 40 valence electrons. The van der Waals surface area contributed by atoms with Crippen molar-refractivity contribution >= 4 is 11.3 Å². The average molecular weight is 115 g/mol. The van der Waals surface area contributed by atoms with E-state index in [0.29, 0.717) is 0 Å². The van der Waals surface area contributed by atoms with Crippen molar-refractivity contribution in [3.05, 3.63) is 16.6 Å². The topological polar surface area (TPSA) is 12.9 Å². The Morgan fingerprint density at radius 1 is 1.71 bits per heavy atom. The van der Waals surface area contributed by atoms with E-state index < -0.39 is 0 Å². The number of hydrogen-bond donors (Lipinski definition) is 0. The molecule has 0 radical (unpaired) electrons. The molecule has 1 nitrogen and oxygen atoms in total. The minimum atomic E-state index is 0. The predicted molar refractivity (Wildman–Crippen MR) is 33.6 cm³/mol. The summed E-state index contributed by atoms with van der Waals surface area (Å²) >= 11 is 1.67. The standard InChI is InChI=1S/C4H5NS.CH4/c1-4-5-2-3-6-4;/h2-3H,1H3;1H4. The molecular weight excluding hydrogens is 106 g/mol. The van der Waals surface area contributed by atoms with E-state index in [4.69, 9.17) is 0 Å². The quantitative estimate of drug-likeness (QED) is 0.504. The Kier molecular flexibility index (Phi) is 2.60. The lowest BCUT2D eigenvalue weighted by atomic mass is 10.8. The second-order valence-corrected chi connectivity index (χ2v) is 2.15. The first-order chi connectivity index (χ1) is 2.89. The zero-order chi connectivity index (χ0) is 4.41. The van der Waals surface area contributed by atoms with Crippen LogP contribution in [0.3, 0.4) is 0 Å². The second-order valence-electron chi connectivity index (χ2n) is 1.05. The van der Waals surface area contributed by atoms with Gasteiger partial charge in [-0.15, -0.1) is 11.3 Å². The number of thiazole rings is 1. The summed E-state index contributed by atoms with van der Waals surface area (Å²) in [5, 5.41) is 3.10. The van der Waals surface area contributed by atoms with Gasteiger partial charge in [-0.05, 0) is 6.92 Å². The minimum absolute atomic E-state index is 0. The summed E-state index contributed by atoms with van der Waals surface area (Å²) in [6.45, 7) is 1.99. The third kappa shape index (κ3) is 1.69. The fourth-order valence-corrected chi connectivity index (χ4v) is 0.735. The molecule has 0 N–H and O–H groups in total. The third-order valence-electron chi connectivity index (χ3n) is 0.556. The van der Waals surface area contributed by atoms with Crippen LogP contribution in [0.5, 0.6) is 0 Å². The Balaban J connectivity index is 0.000000360. The van der Waals surface area contributed by atoms with Gasteiger partial charge in [0.05, 0.1) is 5.01 Å². The van der Waals surface area contributed by atoms with Crippen LogP contribution in [0.1, 0.15) is 12.4 Å². The van der Waals surface area contributed by atoms with Crippen LogP contribution in [-0.2, 0) is 0 Å². The van der Waals surface area contributed by atoms with E-state index in [0.717, 1.165) is 5.01 Å². The van der Waals surface area contributed by atoms with E-state index in [-0.39, 0.29) is 7.43 Å². The van der Waals surface area contributed by atoms with Crippen molar-refractivity contribution in [1.82, 2.24) is 4.98 Å². The number of hydrogen-bond acceptors (Lipinski definition) is 2.